The van der Waals surface area contributed by atoms with Crippen LogP contribution in [0.15, 0.2) is 0 Å². The highest BCUT2D eigenvalue weighted by molar-refractivity contribution is 7.98. The summed E-state index contributed by atoms with van der Waals surface area (Å²) in [4.78, 5) is 73.0. The van der Waals surface area contributed by atoms with Crippen LogP contribution in [0.1, 0.15) is 13.3 Å². The largest absolute Gasteiger partial charge is 0.480 e. The zero-order valence-corrected chi connectivity index (χ0v) is 23.7. The summed E-state index contributed by atoms with van der Waals surface area (Å²) in [6.07, 6.45) is -12.9. The fraction of sp³-hybridized carbons (Fsp3) is 0.727. The number of hydrogen-bond acceptors (Lipinski definition) is 15. The Morgan fingerprint density at radius 2 is 1.02 bits per heavy atom. The summed E-state index contributed by atoms with van der Waals surface area (Å²) in [7, 11) is 0. The zero-order valence-electron chi connectivity index (χ0n) is 22.9. The van der Waals surface area contributed by atoms with Gasteiger partial charge in [-0.1, -0.05) is 0 Å². The molecule has 248 valence electrons. The van der Waals surface area contributed by atoms with Crippen LogP contribution in [0, 0.1) is 0 Å². The van der Waals surface area contributed by atoms with E-state index in [1.165, 1.54) is 6.26 Å². The second kappa shape index (κ2) is 19.2. The minimum absolute atomic E-state index is 0.182. The first-order chi connectivity index (χ1) is 19.9. The molecule has 0 heterocycles. The van der Waals surface area contributed by atoms with Gasteiger partial charge in [-0.05, 0) is 6.26 Å². The van der Waals surface area contributed by atoms with Crippen LogP contribution in [-0.4, -0.2) is 173 Å². The number of nitrogens with one attached hydrogen (secondary N) is 4. The van der Waals surface area contributed by atoms with E-state index in [2.05, 4.69) is 0 Å². The number of carboxylic acids is 2. The maximum atomic E-state index is 12.8. The minimum atomic E-state index is -2.38. The van der Waals surface area contributed by atoms with Crippen LogP contribution in [0.5, 0.6) is 0 Å². The van der Waals surface area contributed by atoms with Crippen LogP contribution in [0.4, 0.5) is 0 Å². The topological polar surface area (TPSA) is 353 Å². The molecule has 10 atom stereocenters. The van der Waals surface area contributed by atoms with Gasteiger partial charge in [0.1, 0.15) is 60.8 Å². The molecule has 0 aliphatic carbocycles. The molecule has 21 heteroatoms. The van der Waals surface area contributed by atoms with Gasteiger partial charge in [0.25, 0.3) is 0 Å². The van der Waals surface area contributed by atoms with Crippen LogP contribution >= 0.6 is 11.8 Å². The first kappa shape index (κ1) is 39.8. The number of aliphatic hydroxyl groups excluding tert-OH is 8. The highest BCUT2D eigenvalue weighted by atomic mass is 32.2. The molecule has 43 heavy (non-hydrogen) atoms. The number of carbonyl (C=O) groups excluding carboxylic acids is 4. The quantitative estimate of drug-likeness (QED) is 0.0583. The molecule has 0 aliphatic rings. The normalized spacial score (nSPS) is 18.3. The average Bonchev–Trinajstić information content (AvgIpc) is 2.95. The highest BCUT2D eigenvalue weighted by Crippen LogP contribution is 2.10. The lowest BCUT2D eigenvalue weighted by Gasteiger charge is -2.30. The number of carboxylic acid groups (broad SMARTS) is 2. The summed E-state index contributed by atoms with van der Waals surface area (Å²) in [5.41, 5.74) is 0. The first-order valence-corrected chi connectivity index (χ1v) is 13.7. The molecule has 0 unspecified atom stereocenters. The van der Waals surface area contributed by atoms with Gasteiger partial charge in [0.05, 0.1) is 19.6 Å². The molecular formula is C22H38N4O16S. The van der Waals surface area contributed by atoms with Gasteiger partial charge in [-0.2, -0.15) is 11.8 Å². The summed E-state index contributed by atoms with van der Waals surface area (Å²) >= 11 is 0.999. The fourth-order valence-corrected chi connectivity index (χ4v) is 3.94. The number of amides is 4. The van der Waals surface area contributed by atoms with Crippen molar-refractivity contribution in [2.75, 3.05) is 25.2 Å². The van der Waals surface area contributed by atoms with E-state index < -0.39 is 116 Å². The molecule has 0 rings (SSSR count). The highest BCUT2D eigenvalue weighted by Gasteiger charge is 2.40. The zero-order chi connectivity index (χ0) is 33.6. The molecule has 0 radical (unpaired) electrons. The summed E-state index contributed by atoms with van der Waals surface area (Å²) in [6, 6.07) is -8.08. The fourth-order valence-electron chi connectivity index (χ4n) is 3.38. The molecule has 4 amide bonds. The number of aliphatic carboxylic acids is 2. The van der Waals surface area contributed by atoms with Crippen LogP contribution in [0.2, 0.25) is 0 Å². The van der Waals surface area contributed by atoms with E-state index in [9.17, 15) is 69.6 Å². The summed E-state index contributed by atoms with van der Waals surface area (Å²) in [5.74, 6) is -8.81. The Kier molecular flexibility index (Phi) is 17.8. The van der Waals surface area contributed by atoms with Gasteiger partial charge in [-0.3, -0.25) is 19.2 Å². The SMILES string of the molecule is CSC[C@H](NC(=O)[C@@H](NC(=O)C[C@H](NC(=O)[C@@H](NC(C)=O)[C@@H](O)[C@H](O)[C@H](O)CO)C(=O)O)[C@@H](O)[C@H](O)[C@H](O)CO)C(=O)O. The van der Waals surface area contributed by atoms with Crippen molar-refractivity contribution < 1.29 is 79.8 Å². The van der Waals surface area contributed by atoms with Crippen LogP contribution in [0.25, 0.3) is 0 Å². The molecule has 0 aromatic rings. The van der Waals surface area contributed by atoms with Gasteiger partial charge in [0.2, 0.25) is 23.6 Å². The second-order valence-electron chi connectivity index (χ2n) is 9.14. The molecule has 0 saturated carbocycles. The van der Waals surface area contributed by atoms with E-state index >= 15 is 0 Å². The van der Waals surface area contributed by atoms with Crippen molar-refractivity contribution in [3.8, 4) is 0 Å². The standard InChI is InChI=1S/C22H38N4O16S/c1-7(29)23-13(17(35)15(33)10(30)4-27)19(37)24-8(21(39)40)3-12(32)26-14(18(36)16(34)11(31)5-28)20(38)25-9(6-43-2)22(41)42/h8-11,13-18,27-28,30-31,33-36H,3-6H2,1-2H3,(H,23,29)(H,24,37)(H,25,38)(H,26,32)(H,39,40)(H,41,42)/t8-,9-,10+,11+,13-,14-,15+,16+,17+,18+/m0/s1. The predicted octanol–water partition coefficient (Wildman–Crippen LogP) is -7.98. The van der Waals surface area contributed by atoms with E-state index in [-0.39, 0.29) is 5.75 Å². The molecule has 0 aromatic carbocycles. The first-order valence-electron chi connectivity index (χ1n) is 12.3. The van der Waals surface area contributed by atoms with E-state index in [1.54, 1.807) is 5.32 Å². The van der Waals surface area contributed by atoms with Crippen molar-refractivity contribution in [1.82, 2.24) is 21.3 Å². The lowest BCUT2D eigenvalue weighted by Crippen LogP contribution is -2.62. The third-order valence-corrected chi connectivity index (χ3v) is 6.40. The summed E-state index contributed by atoms with van der Waals surface area (Å²) in [5, 5.41) is 104. The minimum Gasteiger partial charge on any atom is -0.480 e. The third-order valence-electron chi connectivity index (χ3n) is 5.74. The maximum absolute atomic E-state index is 12.8. The van der Waals surface area contributed by atoms with Crippen molar-refractivity contribution >= 4 is 47.3 Å². The molecule has 20 nitrogen and oxygen atoms in total. The van der Waals surface area contributed by atoms with E-state index in [0.717, 1.165) is 18.7 Å². The molecule has 0 aromatic heterocycles. The molecule has 0 saturated heterocycles. The maximum Gasteiger partial charge on any atom is 0.327 e. The van der Waals surface area contributed by atoms with E-state index in [1.807, 2.05) is 16.0 Å². The third kappa shape index (κ3) is 12.9. The van der Waals surface area contributed by atoms with Crippen molar-refractivity contribution in [2.45, 2.75) is 74.1 Å². The number of carbonyl (C=O) groups is 6. The molecule has 0 fully saturated rings. The second-order valence-corrected chi connectivity index (χ2v) is 10.1. The van der Waals surface area contributed by atoms with Crippen molar-refractivity contribution in [3.63, 3.8) is 0 Å². The number of thioether (sulfide) groups is 1. The Balaban J connectivity index is 6.04. The van der Waals surface area contributed by atoms with E-state index in [0.29, 0.717) is 0 Å². The van der Waals surface area contributed by atoms with E-state index in [4.69, 9.17) is 10.2 Å². The Morgan fingerprint density at radius 1 is 0.628 bits per heavy atom. The Morgan fingerprint density at radius 3 is 1.37 bits per heavy atom. The van der Waals surface area contributed by atoms with Gasteiger partial charge in [-0.25, -0.2) is 9.59 Å². The lowest BCUT2D eigenvalue weighted by molar-refractivity contribution is -0.147. The van der Waals surface area contributed by atoms with Gasteiger partial charge in [-0.15, -0.1) is 0 Å². The summed E-state index contributed by atoms with van der Waals surface area (Å²) in [6.45, 7) is -1.29. The summed E-state index contributed by atoms with van der Waals surface area (Å²) < 4.78 is 0. The molecule has 0 spiro atoms. The molecule has 0 aliphatic heterocycles. The van der Waals surface area contributed by atoms with Crippen molar-refractivity contribution in [3.05, 3.63) is 0 Å². The lowest BCUT2D eigenvalue weighted by atomic mass is 9.99. The number of rotatable bonds is 20. The van der Waals surface area contributed by atoms with Gasteiger partial charge in [0, 0.05) is 12.7 Å². The number of aliphatic hydroxyl groups is 8. The van der Waals surface area contributed by atoms with Crippen LogP contribution in [0.3, 0.4) is 0 Å². The number of hydrogen-bond donors (Lipinski definition) is 14. The average molecular weight is 647 g/mol. The molecule has 0 bridgehead atoms. The Labute approximate surface area is 248 Å². The van der Waals surface area contributed by atoms with Crippen molar-refractivity contribution in [1.29, 1.82) is 0 Å². The smallest absolute Gasteiger partial charge is 0.327 e. The Bertz CT molecular complexity index is 974. The molecular weight excluding hydrogens is 608 g/mol. The van der Waals surface area contributed by atoms with Gasteiger partial charge < -0.3 is 72.3 Å². The monoisotopic (exact) mass is 646 g/mol. The van der Waals surface area contributed by atoms with Crippen LogP contribution in [-0.2, 0) is 28.8 Å². The van der Waals surface area contributed by atoms with Gasteiger partial charge in [0.15, 0.2) is 0 Å². The van der Waals surface area contributed by atoms with Crippen LogP contribution < -0.4 is 21.3 Å². The predicted molar refractivity (Wildman–Crippen MR) is 142 cm³/mol. The molecule has 14 N–H and O–H groups in total. The van der Waals surface area contributed by atoms with Gasteiger partial charge >= 0.3 is 11.9 Å². The Hall–Kier alpha value is -3.15. The van der Waals surface area contributed by atoms with Crippen molar-refractivity contribution in [2.24, 2.45) is 0 Å².